The number of nitrogens with zero attached hydrogens (tertiary/aromatic N) is 4. The van der Waals surface area contributed by atoms with Crippen LogP contribution in [-0.4, -0.2) is 24.8 Å². The average Bonchev–Trinajstić information content (AvgIpc) is 2.99. The molecule has 25 heavy (non-hydrogen) atoms. The van der Waals surface area contributed by atoms with Gasteiger partial charge in [0.05, 0.1) is 6.10 Å². The van der Waals surface area contributed by atoms with Crippen LogP contribution in [0, 0.1) is 0 Å². The summed E-state index contributed by atoms with van der Waals surface area (Å²) in [7, 11) is 0. The molecule has 0 spiro atoms. The molecule has 0 radical (unpaired) electrons. The largest absolute Gasteiger partial charge is 0.388 e. The van der Waals surface area contributed by atoms with Gasteiger partial charge in [0.15, 0.2) is 11.0 Å². The van der Waals surface area contributed by atoms with Crippen LogP contribution in [-0.2, 0) is 13.0 Å². The molecule has 0 fully saturated rings. The lowest BCUT2D eigenvalue weighted by atomic mass is 10.1. The molecule has 1 N–H and O–H groups in total. The first-order chi connectivity index (χ1) is 11.9. The van der Waals surface area contributed by atoms with Crippen molar-refractivity contribution in [2.45, 2.75) is 19.1 Å². The lowest BCUT2D eigenvalue weighted by molar-refractivity contribution is 0.174. The standard InChI is InChI=1S/C15H11BrCl2N4O3/c16-11-6-22(15(24)14(18)19-11)7-13-20-12(21-25-13)5-10(23)8-1-3-9(17)4-2-8/h1-4,6,10,23H,5,7H2/t10-/m0/s1. The van der Waals surface area contributed by atoms with E-state index < -0.39 is 11.7 Å². The Bertz CT molecular complexity index is 943. The zero-order chi connectivity index (χ0) is 18.0. The molecule has 0 saturated carbocycles. The Morgan fingerprint density at radius 1 is 1.24 bits per heavy atom. The molecule has 1 aromatic carbocycles. The quantitative estimate of drug-likeness (QED) is 0.648. The van der Waals surface area contributed by atoms with Crippen LogP contribution in [0.4, 0.5) is 0 Å². The third-order valence-corrected chi connectivity index (χ3v) is 4.23. The molecule has 0 bridgehead atoms. The molecule has 130 valence electrons. The molecule has 10 heteroatoms. The monoisotopic (exact) mass is 444 g/mol. The van der Waals surface area contributed by atoms with Crippen molar-refractivity contribution in [3.63, 3.8) is 0 Å². The van der Waals surface area contributed by atoms with Crippen LogP contribution in [0.2, 0.25) is 10.2 Å². The number of hydrogen-bond donors (Lipinski definition) is 1. The molecular weight excluding hydrogens is 435 g/mol. The fourth-order valence-corrected chi connectivity index (χ4v) is 3.00. The van der Waals surface area contributed by atoms with Gasteiger partial charge >= 0.3 is 0 Å². The summed E-state index contributed by atoms with van der Waals surface area (Å²) < 4.78 is 6.84. The van der Waals surface area contributed by atoms with Crippen molar-refractivity contribution in [3.8, 4) is 0 Å². The third kappa shape index (κ3) is 4.46. The van der Waals surface area contributed by atoms with E-state index in [0.29, 0.717) is 21.0 Å². The molecule has 0 unspecified atom stereocenters. The second kappa shape index (κ2) is 7.65. The SMILES string of the molecule is O=c1c(Cl)nc(Br)cn1Cc1nc(C[C@H](O)c2ccc(Cl)cc2)no1. The highest BCUT2D eigenvalue weighted by Gasteiger charge is 2.15. The van der Waals surface area contributed by atoms with Gasteiger partial charge in [0.25, 0.3) is 5.56 Å². The number of hydrogen-bond acceptors (Lipinski definition) is 6. The van der Waals surface area contributed by atoms with Gasteiger partial charge in [0.2, 0.25) is 5.89 Å². The number of halogens is 3. The van der Waals surface area contributed by atoms with E-state index in [2.05, 4.69) is 31.1 Å². The summed E-state index contributed by atoms with van der Waals surface area (Å²) in [4.78, 5) is 19.9. The summed E-state index contributed by atoms with van der Waals surface area (Å²) >= 11 is 14.7. The Balaban J connectivity index is 1.72. The zero-order valence-corrected chi connectivity index (χ0v) is 15.7. The molecule has 7 nitrogen and oxygen atoms in total. The minimum Gasteiger partial charge on any atom is -0.388 e. The summed E-state index contributed by atoms with van der Waals surface area (Å²) in [6.07, 6.45) is 0.844. The molecule has 0 amide bonds. The van der Waals surface area contributed by atoms with Gasteiger partial charge in [-0.05, 0) is 33.6 Å². The number of aliphatic hydroxyl groups is 1. The number of rotatable bonds is 5. The Hall–Kier alpha value is -1.74. The maximum atomic E-state index is 11.9. The average molecular weight is 446 g/mol. The van der Waals surface area contributed by atoms with E-state index in [1.54, 1.807) is 24.3 Å². The first kappa shape index (κ1) is 18.1. The van der Waals surface area contributed by atoms with E-state index in [0.717, 1.165) is 0 Å². The minimum atomic E-state index is -0.796. The van der Waals surface area contributed by atoms with E-state index in [4.69, 9.17) is 27.7 Å². The van der Waals surface area contributed by atoms with Crippen LogP contribution >= 0.6 is 39.1 Å². The van der Waals surface area contributed by atoms with Gasteiger partial charge in [-0.2, -0.15) is 4.98 Å². The van der Waals surface area contributed by atoms with Crippen molar-refractivity contribution in [1.29, 1.82) is 0 Å². The molecule has 1 atom stereocenters. The van der Waals surface area contributed by atoms with Crippen LogP contribution < -0.4 is 5.56 Å². The van der Waals surface area contributed by atoms with Gasteiger partial charge in [-0.1, -0.05) is 40.5 Å². The molecule has 3 rings (SSSR count). The van der Waals surface area contributed by atoms with Crippen molar-refractivity contribution < 1.29 is 9.63 Å². The van der Waals surface area contributed by atoms with E-state index in [1.807, 2.05) is 0 Å². The second-order valence-electron chi connectivity index (χ2n) is 5.16. The molecule has 2 aromatic heterocycles. The van der Waals surface area contributed by atoms with E-state index >= 15 is 0 Å². The van der Waals surface area contributed by atoms with Crippen molar-refractivity contribution in [3.05, 3.63) is 72.9 Å². The van der Waals surface area contributed by atoms with Crippen LogP contribution in [0.25, 0.3) is 0 Å². The fraction of sp³-hybridized carbons (Fsp3) is 0.200. The summed E-state index contributed by atoms with van der Waals surface area (Å²) in [5.74, 6) is 0.541. The van der Waals surface area contributed by atoms with Gasteiger partial charge in [-0.15, -0.1) is 0 Å². The topological polar surface area (TPSA) is 94.0 Å². The number of aromatic nitrogens is 4. The van der Waals surface area contributed by atoms with E-state index in [9.17, 15) is 9.90 Å². The molecule has 0 aliphatic heterocycles. The highest BCUT2D eigenvalue weighted by molar-refractivity contribution is 9.10. The Labute approximate surface area is 160 Å². The first-order valence-corrected chi connectivity index (χ1v) is 8.65. The van der Waals surface area contributed by atoms with Crippen molar-refractivity contribution >= 4 is 39.1 Å². The van der Waals surface area contributed by atoms with Crippen molar-refractivity contribution in [2.24, 2.45) is 0 Å². The Morgan fingerprint density at radius 2 is 1.96 bits per heavy atom. The van der Waals surface area contributed by atoms with Gasteiger partial charge in [-0.3, -0.25) is 4.79 Å². The summed E-state index contributed by atoms with van der Waals surface area (Å²) in [5.41, 5.74) is 0.225. The molecule has 0 aliphatic carbocycles. The molecule has 0 saturated heterocycles. The maximum absolute atomic E-state index is 11.9. The predicted molar refractivity (Wildman–Crippen MR) is 94.7 cm³/mol. The highest BCUT2D eigenvalue weighted by atomic mass is 79.9. The molecule has 0 aliphatic rings. The fourth-order valence-electron chi connectivity index (χ4n) is 2.15. The first-order valence-electron chi connectivity index (χ1n) is 7.10. The minimum absolute atomic E-state index is 0.0454. The predicted octanol–water partition coefficient (Wildman–Crippen LogP) is 3.02. The Kier molecular flexibility index (Phi) is 5.53. The van der Waals surface area contributed by atoms with Crippen molar-refractivity contribution in [2.75, 3.05) is 0 Å². The summed E-state index contributed by atoms with van der Waals surface area (Å²) in [6.45, 7) is 0.0454. The van der Waals surface area contributed by atoms with Gasteiger partial charge in [0, 0.05) is 17.6 Å². The lowest BCUT2D eigenvalue weighted by Crippen LogP contribution is -2.22. The molecular formula is C15H11BrCl2N4O3. The normalized spacial score (nSPS) is 12.3. The molecule has 3 aromatic rings. The van der Waals surface area contributed by atoms with E-state index in [1.165, 1.54) is 10.8 Å². The number of aliphatic hydroxyl groups excluding tert-OH is 1. The zero-order valence-electron chi connectivity index (χ0n) is 12.6. The van der Waals surface area contributed by atoms with Crippen LogP contribution in [0.1, 0.15) is 23.4 Å². The van der Waals surface area contributed by atoms with E-state index in [-0.39, 0.29) is 24.0 Å². The van der Waals surface area contributed by atoms with Crippen LogP contribution in [0.3, 0.4) is 0 Å². The summed E-state index contributed by atoms with van der Waals surface area (Å²) in [6, 6.07) is 6.84. The van der Waals surface area contributed by atoms with Crippen molar-refractivity contribution in [1.82, 2.24) is 19.7 Å². The second-order valence-corrected chi connectivity index (χ2v) is 6.77. The number of benzene rings is 1. The lowest BCUT2D eigenvalue weighted by Gasteiger charge is -2.08. The van der Waals surface area contributed by atoms with Crippen LogP contribution in [0.5, 0.6) is 0 Å². The van der Waals surface area contributed by atoms with Gasteiger partial charge < -0.3 is 14.2 Å². The van der Waals surface area contributed by atoms with Gasteiger partial charge in [0.1, 0.15) is 11.1 Å². The smallest absolute Gasteiger partial charge is 0.288 e. The Morgan fingerprint density at radius 3 is 2.68 bits per heavy atom. The third-order valence-electron chi connectivity index (χ3n) is 3.35. The summed E-state index contributed by atoms with van der Waals surface area (Å²) in [5, 5.41) is 14.5. The molecule has 2 heterocycles. The van der Waals surface area contributed by atoms with Crippen LogP contribution in [0.15, 0.2) is 44.4 Å². The maximum Gasteiger partial charge on any atom is 0.288 e. The highest BCUT2D eigenvalue weighted by Crippen LogP contribution is 2.19. The van der Waals surface area contributed by atoms with Gasteiger partial charge in [-0.25, -0.2) is 4.98 Å².